The largest absolute Gasteiger partial charge is 0.508 e. The second-order valence-electron chi connectivity index (χ2n) is 10.4. The molecule has 0 aliphatic heterocycles. The Hall–Kier alpha value is -2.22. The van der Waals surface area contributed by atoms with Gasteiger partial charge in [-0.15, -0.1) is 0 Å². The van der Waals surface area contributed by atoms with Crippen molar-refractivity contribution in [1.82, 2.24) is 0 Å². The number of benzene rings is 1. The zero-order valence-electron chi connectivity index (χ0n) is 21.4. The number of fused-ring (bicyclic) bond motifs is 1. The average molecular weight is 491 g/mol. The van der Waals surface area contributed by atoms with E-state index in [0.29, 0.717) is 48.8 Å². The molecule has 196 valence electrons. The summed E-state index contributed by atoms with van der Waals surface area (Å²) in [5.41, 5.74) is 0.199. The van der Waals surface area contributed by atoms with Crippen LogP contribution >= 0.6 is 0 Å². The number of ketones is 1. The van der Waals surface area contributed by atoms with Crippen molar-refractivity contribution in [3.63, 3.8) is 0 Å². The Morgan fingerprint density at radius 2 is 1.69 bits per heavy atom. The number of Topliss-reactive ketones (excluding diaryl/α,β-unsaturated/α-hetero) is 1. The summed E-state index contributed by atoms with van der Waals surface area (Å²) in [6, 6.07) is 4.42. The van der Waals surface area contributed by atoms with Gasteiger partial charge in [-0.25, -0.2) is 0 Å². The average Bonchev–Trinajstić information content (AvgIpc) is 2.73. The van der Waals surface area contributed by atoms with Crippen LogP contribution in [0.5, 0.6) is 5.75 Å². The lowest BCUT2D eigenvalue weighted by molar-refractivity contribution is -0.127. The molecule has 0 aliphatic rings. The predicted octanol–water partition coefficient (Wildman–Crippen LogP) is 4.57. The molecule has 2 rings (SSSR count). The van der Waals surface area contributed by atoms with Crippen molar-refractivity contribution in [2.75, 3.05) is 0 Å². The molecule has 1 aromatic carbocycles. The van der Waals surface area contributed by atoms with E-state index in [0.717, 1.165) is 44.1 Å². The third-order valence-corrected chi connectivity index (χ3v) is 6.20. The van der Waals surface area contributed by atoms with Gasteiger partial charge in [-0.3, -0.25) is 9.59 Å². The van der Waals surface area contributed by atoms with Crippen LogP contribution in [0, 0.1) is 0 Å². The number of aromatic hydroxyl groups is 1. The molecule has 35 heavy (non-hydrogen) atoms. The minimum atomic E-state index is -0.909. The van der Waals surface area contributed by atoms with Gasteiger partial charge in [0.2, 0.25) is 0 Å². The van der Waals surface area contributed by atoms with Crippen molar-refractivity contribution < 1.29 is 29.6 Å². The fraction of sp³-hybridized carbons (Fsp3) is 0.643. The number of aliphatic hydroxyl groups is 3. The maximum absolute atomic E-state index is 12.6. The normalized spacial score (nSPS) is 13.8. The maximum atomic E-state index is 12.6. The smallest absolute Gasteiger partial charge is 0.193 e. The Bertz CT molecular complexity index is 1000. The van der Waals surface area contributed by atoms with E-state index >= 15 is 0 Å². The van der Waals surface area contributed by atoms with E-state index in [9.17, 15) is 30.0 Å². The molecule has 1 heterocycles. The van der Waals surface area contributed by atoms with Gasteiger partial charge in [0.05, 0.1) is 17.1 Å². The summed E-state index contributed by atoms with van der Waals surface area (Å²) in [5, 5.41) is 39.9. The first-order chi connectivity index (χ1) is 16.5. The fourth-order valence-corrected chi connectivity index (χ4v) is 4.36. The molecule has 0 saturated carbocycles. The summed E-state index contributed by atoms with van der Waals surface area (Å²) < 4.78 is 5.73. The Balaban J connectivity index is 1.74. The lowest BCUT2D eigenvalue weighted by atomic mass is 9.97. The number of phenolic OH excluding ortho intramolecular Hbond substituents is 1. The van der Waals surface area contributed by atoms with Gasteiger partial charge < -0.3 is 24.8 Å². The predicted molar refractivity (Wildman–Crippen MR) is 137 cm³/mol. The number of aryl methyl sites for hydroxylation is 1. The highest BCUT2D eigenvalue weighted by Gasteiger charge is 2.16. The molecule has 7 heteroatoms. The Morgan fingerprint density at radius 1 is 1.00 bits per heavy atom. The van der Waals surface area contributed by atoms with Crippen molar-refractivity contribution in [1.29, 1.82) is 0 Å². The second kappa shape index (κ2) is 13.8. The molecular weight excluding hydrogens is 448 g/mol. The monoisotopic (exact) mass is 490 g/mol. The SMILES string of the molecule is C[C@H](O)Cc1cc(=O)c2c(CCCCCCC(=O)[C@@H](O)CCCCCC(C)(C)O)cc(O)cc2o1. The van der Waals surface area contributed by atoms with E-state index in [4.69, 9.17) is 4.42 Å². The van der Waals surface area contributed by atoms with Crippen LogP contribution in [-0.2, 0) is 17.6 Å². The van der Waals surface area contributed by atoms with Crippen molar-refractivity contribution in [2.45, 2.75) is 116 Å². The van der Waals surface area contributed by atoms with Gasteiger partial charge >= 0.3 is 0 Å². The fourth-order valence-electron chi connectivity index (χ4n) is 4.36. The number of unbranched alkanes of at least 4 members (excludes halogenated alkanes) is 5. The molecule has 0 spiro atoms. The van der Waals surface area contributed by atoms with Crippen LogP contribution in [0.1, 0.15) is 96.3 Å². The van der Waals surface area contributed by atoms with Crippen LogP contribution in [0.2, 0.25) is 0 Å². The number of carbonyl (C=O) groups excluding carboxylic acids is 1. The highest BCUT2D eigenvalue weighted by molar-refractivity contribution is 5.83. The summed E-state index contributed by atoms with van der Waals surface area (Å²) in [7, 11) is 0. The van der Waals surface area contributed by atoms with Crippen molar-refractivity contribution in [2.24, 2.45) is 0 Å². The Kier molecular flexibility index (Phi) is 11.4. The summed E-state index contributed by atoms with van der Waals surface area (Å²) in [4.78, 5) is 24.8. The van der Waals surface area contributed by atoms with E-state index in [1.54, 1.807) is 26.8 Å². The lowest BCUT2D eigenvalue weighted by Gasteiger charge is -2.16. The van der Waals surface area contributed by atoms with Crippen LogP contribution < -0.4 is 5.43 Å². The van der Waals surface area contributed by atoms with Crippen molar-refractivity contribution in [3.05, 3.63) is 39.7 Å². The van der Waals surface area contributed by atoms with Gasteiger partial charge in [0.15, 0.2) is 11.2 Å². The molecule has 0 saturated heterocycles. The standard InChI is InChI=1S/C28H42O7/c1-19(29)15-22-18-25(33)27-20(16-21(30)17-26(27)35-22)11-7-4-5-8-12-23(31)24(32)13-9-6-10-14-28(2,3)34/h16-19,24,29-30,32,34H,4-15H2,1-3H3/t19-,24-/m0/s1. The topological polar surface area (TPSA) is 128 Å². The summed E-state index contributed by atoms with van der Waals surface area (Å²) in [5.74, 6) is 0.302. The van der Waals surface area contributed by atoms with Gasteiger partial charge in [-0.2, -0.15) is 0 Å². The van der Waals surface area contributed by atoms with E-state index in [-0.39, 0.29) is 23.4 Å². The summed E-state index contributed by atoms with van der Waals surface area (Å²) in [6.45, 7) is 5.18. The third kappa shape index (κ3) is 10.5. The van der Waals surface area contributed by atoms with E-state index < -0.39 is 17.8 Å². The summed E-state index contributed by atoms with van der Waals surface area (Å²) in [6.07, 6.45) is 6.58. The van der Waals surface area contributed by atoms with E-state index in [2.05, 4.69) is 0 Å². The number of rotatable bonds is 16. The highest BCUT2D eigenvalue weighted by Crippen LogP contribution is 2.25. The number of aliphatic hydroxyl groups excluding tert-OH is 2. The quantitative estimate of drug-likeness (QED) is 0.254. The molecule has 0 radical (unpaired) electrons. The molecule has 2 atom stereocenters. The van der Waals surface area contributed by atoms with Gasteiger partial charge in [-0.1, -0.05) is 32.1 Å². The molecule has 0 bridgehead atoms. The van der Waals surface area contributed by atoms with Gasteiger partial charge in [0.1, 0.15) is 23.2 Å². The first kappa shape index (κ1) is 29.0. The minimum absolute atomic E-state index is 0.0319. The molecular formula is C28H42O7. The zero-order valence-corrected chi connectivity index (χ0v) is 21.4. The number of hydrogen-bond donors (Lipinski definition) is 4. The van der Waals surface area contributed by atoms with Crippen molar-refractivity contribution in [3.8, 4) is 5.75 Å². The lowest BCUT2D eigenvalue weighted by Crippen LogP contribution is -2.20. The molecule has 1 aromatic heterocycles. The zero-order chi connectivity index (χ0) is 26.0. The van der Waals surface area contributed by atoms with Crippen molar-refractivity contribution >= 4 is 16.8 Å². The van der Waals surface area contributed by atoms with Gasteiger partial charge in [0, 0.05) is 25.0 Å². The molecule has 0 unspecified atom stereocenters. The second-order valence-corrected chi connectivity index (χ2v) is 10.4. The van der Waals surface area contributed by atoms with E-state index in [1.165, 1.54) is 12.1 Å². The van der Waals surface area contributed by atoms with Crippen LogP contribution in [-0.4, -0.2) is 44.0 Å². The Morgan fingerprint density at radius 3 is 2.37 bits per heavy atom. The Labute approximate surface area is 207 Å². The van der Waals surface area contributed by atoms with Crippen LogP contribution in [0.25, 0.3) is 11.0 Å². The number of phenols is 1. The first-order valence-corrected chi connectivity index (χ1v) is 12.9. The molecule has 7 nitrogen and oxygen atoms in total. The molecule has 2 aromatic rings. The summed E-state index contributed by atoms with van der Waals surface area (Å²) >= 11 is 0. The molecule has 4 N–H and O–H groups in total. The molecule has 0 aliphatic carbocycles. The van der Waals surface area contributed by atoms with Crippen LogP contribution in [0.15, 0.2) is 27.4 Å². The first-order valence-electron chi connectivity index (χ1n) is 12.9. The molecule has 0 amide bonds. The molecule has 0 fully saturated rings. The van der Waals surface area contributed by atoms with Gasteiger partial charge in [-0.05, 0) is 64.5 Å². The number of carbonyl (C=O) groups is 1. The van der Waals surface area contributed by atoms with Crippen LogP contribution in [0.4, 0.5) is 0 Å². The maximum Gasteiger partial charge on any atom is 0.193 e. The minimum Gasteiger partial charge on any atom is -0.508 e. The van der Waals surface area contributed by atoms with Gasteiger partial charge in [0.25, 0.3) is 0 Å². The highest BCUT2D eigenvalue weighted by atomic mass is 16.3. The van der Waals surface area contributed by atoms with E-state index in [1.807, 2.05) is 0 Å². The van der Waals surface area contributed by atoms with Crippen LogP contribution in [0.3, 0.4) is 0 Å². The number of hydrogen-bond acceptors (Lipinski definition) is 7. The third-order valence-electron chi connectivity index (χ3n) is 6.20.